The molecule has 2 fully saturated rings. The number of anilines is 1. The summed E-state index contributed by atoms with van der Waals surface area (Å²) in [6.07, 6.45) is 4.01. The maximum Gasteiger partial charge on any atom is 0.225 e. The molecule has 1 amide bonds. The molecule has 0 bridgehead atoms. The van der Waals surface area contributed by atoms with Crippen molar-refractivity contribution in [2.45, 2.75) is 51.9 Å². The number of methoxy groups -OCH3 is 1. The van der Waals surface area contributed by atoms with Crippen molar-refractivity contribution in [3.63, 3.8) is 0 Å². The Bertz CT molecular complexity index is 955. The highest BCUT2D eigenvalue weighted by atomic mass is 16.5. The van der Waals surface area contributed by atoms with E-state index in [1.807, 2.05) is 12.1 Å². The van der Waals surface area contributed by atoms with Gasteiger partial charge < -0.3 is 15.0 Å². The van der Waals surface area contributed by atoms with E-state index < -0.39 is 0 Å². The molecule has 2 aliphatic rings. The zero-order valence-electron chi connectivity index (χ0n) is 22.1. The lowest BCUT2D eigenvalue weighted by Gasteiger charge is -2.47. The molecule has 0 spiro atoms. The normalized spacial score (nSPS) is 27.4. The lowest BCUT2D eigenvalue weighted by atomic mass is 9.58. The van der Waals surface area contributed by atoms with Crippen molar-refractivity contribution in [3.05, 3.63) is 60.2 Å². The van der Waals surface area contributed by atoms with E-state index in [4.69, 9.17) is 4.74 Å². The van der Waals surface area contributed by atoms with E-state index >= 15 is 0 Å². The summed E-state index contributed by atoms with van der Waals surface area (Å²) >= 11 is 0. The summed E-state index contributed by atoms with van der Waals surface area (Å²) in [4.78, 5) is 18.3. The van der Waals surface area contributed by atoms with Gasteiger partial charge in [0, 0.05) is 43.8 Å². The number of carbonyl (C=O) groups excluding carboxylic acids is 1. The fourth-order valence-corrected chi connectivity index (χ4v) is 6.59. The van der Waals surface area contributed by atoms with Crippen LogP contribution in [0.15, 0.2) is 54.6 Å². The predicted octanol–water partition coefficient (Wildman–Crippen LogP) is 5.11. The summed E-state index contributed by atoms with van der Waals surface area (Å²) in [5, 5.41) is 3.30. The van der Waals surface area contributed by atoms with Crippen LogP contribution in [0.3, 0.4) is 0 Å². The van der Waals surface area contributed by atoms with E-state index in [1.54, 1.807) is 7.11 Å². The van der Waals surface area contributed by atoms with Crippen LogP contribution in [0.4, 0.5) is 5.69 Å². The van der Waals surface area contributed by atoms with Gasteiger partial charge in [0.1, 0.15) is 5.75 Å². The molecule has 0 radical (unpaired) electrons. The summed E-state index contributed by atoms with van der Waals surface area (Å²) < 4.78 is 5.27. The molecule has 3 atom stereocenters. The van der Waals surface area contributed by atoms with Gasteiger partial charge in [0.2, 0.25) is 5.91 Å². The second-order valence-electron chi connectivity index (χ2n) is 11.3. The predicted molar refractivity (Wildman–Crippen MR) is 144 cm³/mol. The number of hydrogen-bond donors (Lipinski definition) is 1. The molecule has 4 rings (SSSR count). The third-order valence-corrected chi connectivity index (χ3v) is 8.14. The number of hydrogen-bond acceptors (Lipinski definition) is 4. The Morgan fingerprint density at radius 1 is 1.00 bits per heavy atom. The van der Waals surface area contributed by atoms with Crippen molar-refractivity contribution in [1.82, 2.24) is 10.2 Å². The monoisotopic (exact) mass is 477 g/mol. The van der Waals surface area contributed by atoms with E-state index in [-0.39, 0.29) is 16.7 Å². The highest BCUT2D eigenvalue weighted by Gasteiger charge is 2.47. The van der Waals surface area contributed by atoms with Crippen LogP contribution in [0.25, 0.3) is 0 Å². The molecule has 190 valence electrons. The summed E-state index contributed by atoms with van der Waals surface area (Å²) in [5.74, 6) is 1.66. The van der Waals surface area contributed by atoms with Gasteiger partial charge in [-0.15, -0.1) is 0 Å². The fourth-order valence-electron chi connectivity index (χ4n) is 6.59. The first-order chi connectivity index (χ1) is 16.8. The number of nitrogens with one attached hydrogen (secondary N) is 1. The number of ether oxygens (including phenoxy) is 1. The standard InChI is InChI=1S/C30H43N3O2/c1-24-21-29(2,25-9-6-5-7-10-25)23-30(3,22-24)28(34)31-15-8-16-32-17-19-33(20-18-32)26-11-13-27(35-4)14-12-26/h5-7,9-14,24H,8,15-23H2,1-4H3,(H,31,34). The molecular weight excluding hydrogens is 434 g/mol. The molecule has 0 aromatic heterocycles. The van der Waals surface area contributed by atoms with Gasteiger partial charge in [0.05, 0.1) is 7.11 Å². The van der Waals surface area contributed by atoms with E-state index in [1.165, 1.54) is 11.3 Å². The zero-order valence-corrected chi connectivity index (χ0v) is 22.1. The molecule has 2 aromatic carbocycles. The minimum Gasteiger partial charge on any atom is -0.497 e. The van der Waals surface area contributed by atoms with Crippen molar-refractivity contribution >= 4 is 11.6 Å². The Hall–Kier alpha value is -2.53. The van der Waals surface area contributed by atoms with E-state index in [9.17, 15) is 4.79 Å². The molecule has 1 saturated heterocycles. The topological polar surface area (TPSA) is 44.8 Å². The van der Waals surface area contributed by atoms with Gasteiger partial charge in [-0.25, -0.2) is 0 Å². The van der Waals surface area contributed by atoms with E-state index in [2.05, 4.69) is 78.4 Å². The van der Waals surface area contributed by atoms with Crippen molar-refractivity contribution in [1.29, 1.82) is 0 Å². The van der Waals surface area contributed by atoms with Gasteiger partial charge in [-0.2, -0.15) is 0 Å². The van der Waals surface area contributed by atoms with Gasteiger partial charge in [-0.3, -0.25) is 9.69 Å². The lowest BCUT2D eigenvalue weighted by molar-refractivity contribution is -0.134. The molecule has 1 N–H and O–H groups in total. The number of benzene rings is 2. The van der Waals surface area contributed by atoms with Crippen molar-refractivity contribution in [3.8, 4) is 5.75 Å². The van der Waals surface area contributed by atoms with Crippen molar-refractivity contribution < 1.29 is 9.53 Å². The van der Waals surface area contributed by atoms with Crippen LogP contribution >= 0.6 is 0 Å². The summed E-state index contributed by atoms with van der Waals surface area (Å²) in [5.41, 5.74) is 2.36. The average molecular weight is 478 g/mol. The Morgan fingerprint density at radius 3 is 2.34 bits per heavy atom. The number of amides is 1. The Kier molecular flexibility index (Phi) is 8.05. The van der Waals surface area contributed by atoms with Gasteiger partial charge in [0.15, 0.2) is 0 Å². The molecule has 35 heavy (non-hydrogen) atoms. The number of nitrogens with zero attached hydrogens (tertiary/aromatic N) is 2. The molecule has 1 aliphatic carbocycles. The molecule has 1 aliphatic heterocycles. The molecule has 2 aromatic rings. The summed E-state index contributed by atoms with van der Waals surface area (Å²) in [6, 6.07) is 19.1. The van der Waals surface area contributed by atoms with Gasteiger partial charge in [-0.1, -0.05) is 51.1 Å². The van der Waals surface area contributed by atoms with Gasteiger partial charge in [0.25, 0.3) is 0 Å². The SMILES string of the molecule is COc1ccc(N2CCN(CCCNC(=O)C3(C)CC(C)CC(C)(c4ccccc4)C3)CC2)cc1. The maximum absolute atomic E-state index is 13.3. The number of carbonyl (C=O) groups is 1. The van der Waals surface area contributed by atoms with Crippen LogP contribution in [0.5, 0.6) is 5.75 Å². The minimum absolute atomic E-state index is 0.0502. The first kappa shape index (κ1) is 25.6. The molecule has 1 heterocycles. The molecule has 3 unspecified atom stereocenters. The van der Waals surface area contributed by atoms with Gasteiger partial charge in [-0.05, 0) is 73.4 Å². The smallest absolute Gasteiger partial charge is 0.225 e. The van der Waals surface area contributed by atoms with Crippen LogP contribution in [0.2, 0.25) is 0 Å². The fraction of sp³-hybridized carbons (Fsp3) is 0.567. The average Bonchev–Trinajstić information content (AvgIpc) is 2.87. The molecular formula is C30H43N3O2. The third kappa shape index (κ3) is 6.19. The van der Waals surface area contributed by atoms with Crippen LogP contribution in [0, 0.1) is 11.3 Å². The maximum atomic E-state index is 13.3. The van der Waals surface area contributed by atoms with Crippen molar-refractivity contribution in [2.24, 2.45) is 11.3 Å². The number of piperazine rings is 1. The third-order valence-electron chi connectivity index (χ3n) is 8.14. The summed E-state index contributed by atoms with van der Waals surface area (Å²) in [7, 11) is 1.70. The molecule has 5 nitrogen and oxygen atoms in total. The first-order valence-corrected chi connectivity index (χ1v) is 13.3. The minimum atomic E-state index is -0.313. The number of rotatable bonds is 8. The summed E-state index contributed by atoms with van der Waals surface area (Å²) in [6.45, 7) is 12.8. The zero-order chi connectivity index (χ0) is 24.9. The second-order valence-corrected chi connectivity index (χ2v) is 11.3. The van der Waals surface area contributed by atoms with Crippen LogP contribution < -0.4 is 15.0 Å². The highest BCUT2D eigenvalue weighted by molar-refractivity contribution is 5.82. The van der Waals surface area contributed by atoms with E-state index in [0.29, 0.717) is 5.92 Å². The lowest BCUT2D eigenvalue weighted by Crippen LogP contribution is -2.49. The Labute approximate surface area is 211 Å². The quantitative estimate of drug-likeness (QED) is 0.537. The molecule has 1 saturated carbocycles. The van der Waals surface area contributed by atoms with E-state index in [0.717, 1.165) is 70.7 Å². The molecule has 5 heteroatoms. The van der Waals surface area contributed by atoms with Gasteiger partial charge >= 0.3 is 0 Å². The first-order valence-electron chi connectivity index (χ1n) is 13.3. The van der Waals surface area contributed by atoms with Crippen LogP contribution in [-0.4, -0.2) is 57.2 Å². The largest absolute Gasteiger partial charge is 0.497 e. The van der Waals surface area contributed by atoms with Crippen LogP contribution in [0.1, 0.15) is 52.0 Å². The Balaban J connectivity index is 1.22. The second kappa shape index (κ2) is 11.0. The van der Waals surface area contributed by atoms with Crippen molar-refractivity contribution in [2.75, 3.05) is 51.3 Å². The van der Waals surface area contributed by atoms with Crippen LogP contribution in [-0.2, 0) is 10.2 Å². The Morgan fingerprint density at radius 2 is 1.69 bits per heavy atom. The highest BCUT2D eigenvalue weighted by Crippen LogP contribution is 2.50.